The lowest BCUT2D eigenvalue weighted by Gasteiger charge is -2.23. The van der Waals surface area contributed by atoms with Gasteiger partial charge in [-0.1, -0.05) is 25.1 Å². The predicted molar refractivity (Wildman–Crippen MR) is 80.9 cm³/mol. The third-order valence-corrected chi connectivity index (χ3v) is 4.46. The highest BCUT2D eigenvalue weighted by Crippen LogP contribution is 2.20. The standard InChI is InChI=1S/C14H20ClNO2S/c1-11(8-15)13(16-9-14(17)18-2)10-19-12-6-4-3-5-7-12/h3-7,11,13,16H,8-10H2,1-2H3/t11-,13+/m1/s1. The van der Waals surface area contributed by atoms with Gasteiger partial charge >= 0.3 is 5.97 Å². The van der Waals surface area contributed by atoms with Crippen LogP contribution in [-0.2, 0) is 9.53 Å². The first kappa shape index (κ1) is 16.3. The van der Waals surface area contributed by atoms with E-state index in [1.165, 1.54) is 12.0 Å². The van der Waals surface area contributed by atoms with Crippen molar-refractivity contribution >= 4 is 29.3 Å². The lowest BCUT2D eigenvalue weighted by molar-refractivity contribution is -0.139. The maximum Gasteiger partial charge on any atom is 0.319 e. The van der Waals surface area contributed by atoms with E-state index in [4.69, 9.17) is 11.6 Å². The molecule has 0 aromatic heterocycles. The zero-order valence-electron chi connectivity index (χ0n) is 11.3. The van der Waals surface area contributed by atoms with Crippen molar-refractivity contribution in [2.45, 2.75) is 17.9 Å². The summed E-state index contributed by atoms with van der Waals surface area (Å²) < 4.78 is 4.64. The monoisotopic (exact) mass is 301 g/mol. The summed E-state index contributed by atoms with van der Waals surface area (Å²) in [5.41, 5.74) is 0. The number of carbonyl (C=O) groups is 1. The Labute approximate surface area is 124 Å². The third-order valence-electron chi connectivity index (χ3n) is 2.84. The molecule has 0 unspecified atom stereocenters. The van der Waals surface area contributed by atoms with E-state index < -0.39 is 0 Å². The molecule has 5 heteroatoms. The van der Waals surface area contributed by atoms with Crippen molar-refractivity contribution in [2.75, 3.05) is 25.3 Å². The molecule has 2 atom stereocenters. The minimum atomic E-state index is -0.253. The minimum Gasteiger partial charge on any atom is -0.468 e. The summed E-state index contributed by atoms with van der Waals surface area (Å²) in [6.07, 6.45) is 0. The smallest absolute Gasteiger partial charge is 0.319 e. The quantitative estimate of drug-likeness (QED) is 0.455. The van der Waals surface area contributed by atoms with Crippen molar-refractivity contribution in [3.8, 4) is 0 Å². The second-order valence-electron chi connectivity index (χ2n) is 4.32. The number of alkyl halides is 1. The molecule has 0 aliphatic carbocycles. The molecule has 106 valence electrons. The summed E-state index contributed by atoms with van der Waals surface area (Å²) in [7, 11) is 1.39. The largest absolute Gasteiger partial charge is 0.468 e. The highest BCUT2D eigenvalue weighted by Gasteiger charge is 2.17. The molecule has 0 aliphatic rings. The fourth-order valence-corrected chi connectivity index (χ4v) is 2.90. The van der Waals surface area contributed by atoms with Crippen LogP contribution in [0.3, 0.4) is 0 Å². The first-order valence-corrected chi connectivity index (χ1v) is 7.73. The maximum atomic E-state index is 11.2. The second-order valence-corrected chi connectivity index (χ2v) is 5.72. The molecule has 0 spiro atoms. The van der Waals surface area contributed by atoms with Crippen molar-refractivity contribution in [3.05, 3.63) is 30.3 Å². The van der Waals surface area contributed by atoms with E-state index >= 15 is 0 Å². The lowest BCUT2D eigenvalue weighted by atomic mass is 10.1. The number of nitrogens with one attached hydrogen (secondary N) is 1. The first-order chi connectivity index (χ1) is 9.17. The molecule has 0 fully saturated rings. The molecule has 1 rings (SSSR count). The molecule has 0 heterocycles. The van der Waals surface area contributed by atoms with Crippen LogP contribution in [0.4, 0.5) is 0 Å². The molecular formula is C14H20ClNO2S. The van der Waals surface area contributed by atoms with Crippen molar-refractivity contribution in [1.29, 1.82) is 0 Å². The van der Waals surface area contributed by atoms with Gasteiger partial charge in [0.2, 0.25) is 0 Å². The van der Waals surface area contributed by atoms with Gasteiger partial charge in [-0.15, -0.1) is 23.4 Å². The topological polar surface area (TPSA) is 38.3 Å². The molecule has 19 heavy (non-hydrogen) atoms. The van der Waals surface area contributed by atoms with Crippen LogP contribution in [0.25, 0.3) is 0 Å². The molecule has 1 aromatic rings. The normalized spacial score (nSPS) is 13.8. The van der Waals surface area contributed by atoms with Gasteiger partial charge in [0.05, 0.1) is 13.7 Å². The molecule has 3 nitrogen and oxygen atoms in total. The van der Waals surface area contributed by atoms with Crippen molar-refractivity contribution in [2.24, 2.45) is 5.92 Å². The Balaban J connectivity index is 2.47. The van der Waals surface area contributed by atoms with E-state index in [2.05, 4.69) is 29.1 Å². The highest BCUT2D eigenvalue weighted by molar-refractivity contribution is 7.99. The SMILES string of the molecule is COC(=O)CN[C@@H](CSc1ccccc1)[C@H](C)CCl. The number of methoxy groups -OCH3 is 1. The maximum absolute atomic E-state index is 11.2. The van der Waals surface area contributed by atoms with Gasteiger partial charge in [-0.2, -0.15) is 0 Å². The van der Waals surface area contributed by atoms with Crippen LogP contribution in [0.2, 0.25) is 0 Å². The Morgan fingerprint density at radius 2 is 2.11 bits per heavy atom. The molecule has 0 saturated heterocycles. The number of halogens is 1. The number of benzene rings is 1. The molecule has 0 aliphatic heterocycles. The van der Waals surface area contributed by atoms with Crippen LogP contribution in [0, 0.1) is 5.92 Å². The van der Waals surface area contributed by atoms with Crippen molar-refractivity contribution in [1.82, 2.24) is 5.32 Å². The predicted octanol–water partition coefficient (Wildman–Crippen LogP) is 2.78. The fraction of sp³-hybridized carbons (Fsp3) is 0.500. The van der Waals surface area contributed by atoms with E-state index in [9.17, 15) is 4.79 Å². The fourth-order valence-electron chi connectivity index (χ4n) is 1.52. The number of esters is 1. The Morgan fingerprint density at radius 3 is 2.68 bits per heavy atom. The molecule has 1 aromatic carbocycles. The Kier molecular flexibility index (Phi) is 7.94. The number of thioether (sulfide) groups is 1. The molecule has 0 radical (unpaired) electrons. The highest BCUT2D eigenvalue weighted by atomic mass is 35.5. The summed E-state index contributed by atoms with van der Waals surface area (Å²) in [6.45, 7) is 2.30. The number of carbonyl (C=O) groups excluding carboxylic acids is 1. The van der Waals surface area contributed by atoms with Gasteiger partial charge in [0.25, 0.3) is 0 Å². The molecule has 0 saturated carbocycles. The summed E-state index contributed by atoms with van der Waals surface area (Å²) >= 11 is 7.67. The van der Waals surface area contributed by atoms with E-state index in [0.29, 0.717) is 11.8 Å². The van der Waals surface area contributed by atoms with Gasteiger partial charge in [-0.25, -0.2) is 0 Å². The number of hydrogen-bond donors (Lipinski definition) is 1. The number of rotatable bonds is 8. The Hall–Kier alpha value is -0.710. The van der Waals surface area contributed by atoms with Crippen LogP contribution in [-0.4, -0.2) is 37.3 Å². The summed E-state index contributed by atoms with van der Waals surface area (Å²) in [6, 6.07) is 10.4. The van der Waals surface area contributed by atoms with Crippen molar-refractivity contribution < 1.29 is 9.53 Å². The van der Waals surface area contributed by atoms with Crippen LogP contribution in [0.15, 0.2) is 35.2 Å². The summed E-state index contributed by atoms with van der Waals surface area (Å²) in [5.74, 6) is 1.47. The van der Waals surface area contributed by atoms with Crippen LogP contribution in [0.5, 0.6) is 0 Å². The number of ether oxygens (including phenoxy) is 1. The molecule has 0 amide bonds. The average Bonchev–Trinajstić information content (AvgIpc) is 2.47. The summed E-state index contributed by atoms with van der Waals surface area (Å²) in [4.78, 5) is 12.4. The van der Waals surface area contributed by atoms with Crippen LogP contribution in [0.1, 0.15) is 6.92 Å². The van der Waals surface area contributed by atoms with Crippen LogP contribution < -0.4 is 5.32 Å². The Bertz CT molecular complexity index is 375. The second kappa shape index (κ2) is 9.23. The molecule has 1 N–H and O–H groups in total. The molecule has 0 bridgehead atoms. The Morgan fingerprint density at radius 1 is 1.42 bits per heavy atom. The zero-order chi connectivity index (χ0) is 14.1. The van der Waals surface area contributed by atoms with Gasteiger partial charge < -0.3 is 10.1 Å². The van der Waals surface area contributed by atoms with Gasteiger partial charge in [0.1, 0.15) is 0 Å². The van der Waals surface area contributed by atoms with E-state index in [-0.39, 0.29) is 18.6 Å². The van der Waals surface area contributed by atoms with Crippen molar-refractivity contribution in [3.63, 3.8) is 0 Å². The van der Waals surface area contributed by atoms with E-state index in [0.717, 1.165) is 5.75 Å². The van der Waals surface area contributed by atoms with E-state index in [1.54, 1.807) is 11.8 Å². The molecular weight excluding hydrogens is 282 g/mol. The summed E-state index contributed by atoms with van der Waals surface area (Å²) in [5, 5.41) is 3.21. The number of hydrogen-bond acceptors (Lipinski definition) is 4. The van der Waals surface area contributed by atoms with Gasteiger partial charge in [0.15, 0.2) is 0 Å². The first-order valence-electron chi connectivity index (χ1n) is 6.21. The third kappa shape index (κ3) is 6.32. The van der Waals surface area contributed by atoms with Gasteiger partial charge in [-0.05, 0) is 18.1 Å². The minimum absolute atomic E-state index is 0.182. The lowest BCUT2D eigenvalue weighted by Crippen LogP contribution is -2.41. The van der Waals surface area contributed by atoms with E-state index in [1.807, 2.05) is 18.2 Å². The van der Waals surface area contributed by atoms with Crippen LogP contribution >= 0.6 is 23.4 Å². The van der Waals surface area contributed by atoms with Gasteiger partial charge in [-0.3, -0.25) is 4.79 Å². The van der Waals surface area contributed by atoms with Gasteiger partial charge in [0, 0.05) is 22.6 Å². The average molecular weight is 302 g/mol. The zero-order valence-corrected chi connectivity index (χ0v) is 12.8.